The number of benzene rings is 2. The molecule has 2 aromatic rings. The lowest BCUT2D eigenvalue weighted by molar-refractivity contribution is -0.134. The molecule has 0 unspecified atom stereocenters. The molecule has 6 nitrogen and oxygen atoms in total. The summed E-state index contributed by atoms with van der Waals surface area (Å²) in [7, 11) is 0. The third-order valence-electron chi connectivity index (χ3n) is 5.21. The van der Waals surface area contributed by atoms with Gasteiger partial charge in [-0.15, -0.1) is 0 Å². The first-order chi connectivity index (χ1) is 14.0. The summed E-state index contributed by atoms with van der Waals surface area (Å²) < 4.78 is 0. The summed E-state index contributed by atoms with van der Waals surface area (Å²) in [6.45, 7) is 3.47. The van der Waals surface area contributed by atoms with Crippen LogP contribution in [0.15, 0.2) is 54.6 Å². The standard InChI is InChI=1S/C23H27N3O3/c1-17-6-5-9-20(14-17)23(29)25-16-21(27)26-12-10-19(11-13-26)22(28)24-15-18-7-3-2-4-8-18/h2-9,14,19H,10-13,15-16H2,1H3,(H,24,28)(H,25,29). The van der Waals surface area contributed by atoms with Crippen molar-refractivity contribution in [2.75, 3.05) is 19.6 Å². The Morgan fingerprint density at radius 3 is 2.38 bits per heavy atom. The lowest BCUT2D eigenvalue weighted by Crippen LogP contribution is -2.46. The first kappa shape index (κ1) is 20.6. The molecule has 0 atom stereocenters. The highest BCUT2D eigenvalue weighted by molar-refractivity contribution is 5.96. The zero-order valence-electron chi connectivity index (χ0n) is 16.7. The Kier molecular flexibility index (Phi) is 7.00. The summed E-state index contributed by atoms with van der Waals surface area (Å²) in [5.74, 6) is -0.412. The average Bonchev–Trinajstić information content (AvgIpc) is 2.76. The largest absolute Gasteiger partial charge is 0.352 e. The summed E-state index contributed by atoms with van der Waals surface area (Å²) >= 11 is 0. The van der Waals surface area contributed by atoms with Crippen LogP contribution in [0.25, 0.3) is 0 Å². The number of piperidine rings is 1. The van der Waals surface area contributed by atoms with Gasteiger partial charge in [0, 0.05) is 31.1 Å². The molecule has 1 fully saturated rings. The van der Waals surface area contributed by atoms with Crippen molar-refractivity contribution in [2.24, 2.45) is 5.92 Å². The minimum Gasteiger partial charge on any atom is -0.352 e. The molecule has 3 rings (SSSR count). The van der Waals surface area contributed by atoms with Gasteiger partial charge in [0.1, 0.15) is 0 Å². The Balaban J connectivity index is 1.40. The van der Waals surface area contributed by atoms with Crippen LogP contribution >= 0.6 is 0 Å². The van der Waals surface area contributed by atoms with Crippen molar-refractivity contribution in [1.82, 2.24) is 15.5 Å². The van der Waals surface area contributed by atoms with E-state index in [1.54, 1.807) is 17.0 Å². The number of hydrogen-bond donors (Lipinski definition) is 2. The van der Waals surface area contributed by atoms with Crippen molar-refractivity contribution in [3.05, 3.63) is 71.3 Å². The van der Waals surface area contributed by atoms with Gasteiger partial charge in [-0.3, -0.25) is 14.4 Å². The number of likely N-dealkylation sites (tertiary alicyclic amines) is 1. The molecular formula is C23H27N3O3. The van der Waals surface area contributed by atoms with Gasteiger partial charge in [-0.2, -0.15) is 0 Å². The molecular weight excluding hydrogens is 366 g/mol. The Hall–Kier alpha value is -3.15. The first-order valence-electron chi connectivity index (χ1n) is 9.97. The van der Waals surface area contributed by atoms with Crippen LogP contribution in [0, 0.1) is 12.8 Å². The minimum absolute atomic E-state index is 0.0301. The fourth-order valence-electron chi connectivity index (χ4n) is 3.48. The maximum atomic E-state index is 12.4. The van der Waals surface area contributed by atoms with E-state index in [0.29, 0.717) is 38.0 Å². The molecule has 152 valence electrons. The summed E-state index contributed by atoms with van der Waals surface area (Å²) in [5, 5.41) is 5.66. The van der Waals surface area contributed by atoms with Gasteiger partial charge in [-0.05, 0) is 37.5 Å². The number of nitrogens with one attached hydrogen (secondary N) is 2. The van der Waals surface area contributed by atoms with Gasteiger partial charge < -0.3 is 15.5 Å². The van der Waals surface area contributed by atoms with E-state index in [1.165, 1.54) is 0 Å². The molecule has 29 heavy (non-hydrogen) atoms. The molecule has 0 bridgehead atoms. The molecule has 1 saturated heterocycles. The third-order valence-corrected chi connectivity index (χ3v) is 5.21. The predicted molar refractivity (Wildman–Crippen MR) is 111 cm³/mol. The van der Waals surface area contributed by atoms with Gasteiger partial charge in [-0.1, -0.05) is 48.0 Å². The lowest BCUT2D eigenvalue weighted by atomic mass is 9.95. The third kappa shape index (κ3) is 5.91. The second-order valence-corrected chi connectivity index (χ2v) is 7.41. The van der Waals surface area contributed by atoms with Crippen molar-refractivity contribution in [3.8, 4) is 0 Å². The molecule has 1 aliphatic rings. The van der Waals surface area contributed by atoms with Crippen molar-refractivity contribution < 1.29 is 14.4 Å². The van der Waals surface area contributed by atoms with E-state index in [1.807, 2.05) is 49.4 Å². The second-order valence-electron chi connectivity index (χ2n) is 7.41. The normalized spacial score (nSPS) is 14.3. The second kappa shape index (κ2) is 9.87. The maximum absolute atomic E-state index is 12.4. The Labute approximate surface area is 171 Å². The van der Waals surface area contributed by atoms with E-state index < -0.39 is 0 Å². The average molecular weight is 393 g/mol. The molecule has 1 aliphatic heterocycles. The van der Waals surface area contributed by atoms with Gasteiger partial charge in [-0.25, -0.2) is 0 Å². The number of hydrogen-bond acceptors (Lipinski definition) is 3. The SMILES string of the molecule is Cc1cccc(C(=O)NCC(=O)N2CCC(C(=O)NCc3ccccc3)CC2)c1. The van der Waals surface area contributed by atoms with Crippen LogP contribution in [0.2, 0.25) is 0 Å². The molecule has 2 N–H and O–H groups in total. The van der Waals surface area contributed by atoms with Crippen LogP contribution in [0.3, 0.4) is 0 Å². The van der Waals surface area contributed by atoms with E-state index in [4.69, 9.17) is 0 Å². The molecule has 0 aliphatic carbocycles. The molecule has 0 spiro atoms. The fourth-order valence-corrected chi connectivity index (χ4v) is 3.48. The predicted octanol–water partition coefficient (Wildman–Crippen LogP) is 2.28. The van der Waals surface area contributed by atoms with Gasteiger partial charge in [0.05, 0.1) is 6.54 Å². The Bertz CT molecular complexity index is 859. The zero-order chi connectivity index (χ0) is 20.6. The van der Waals surface area contributed by atoms with E-state index in [2.05, 4.69) is 10.6 Å². The van der Waals surface area contributed by atoms with E-state index in [0.717, 1.165) is 11.1 Å². The maximum Gasteiger partial charge on any atom is 0.251 e. The molecule has 0 saturated carbocycles. The van der Waals surface area contributed by atoms with Crippen molar-refractivity contribution in [3.63, 3.8) is 0 Å². The van der Waals surface area contributed by atoms with Gasteiger partial charge >= 0.3 is 0 Å². The number of rotatable bonds is 6. The topological polar surface area (TPSA) is 78.5 Å². The smallest absolute Gasteiger partial charge is 0.251 e. The number of carbonyl (C=O) groups is 3. The quantitative estimate of drug-likeness (QED) is 0.790. The van der Waals surface area contributed by atoms with Crippen molar-refractivity contribution >= 4 is 17.7 Å². The lowest BCUT2D eigenvalue weighted by Gasteiger charge is -2.31. The monoisotopic (exact) mass is 393 g/mol. The van der Waals surface area contributed by atoms with Crippen molar-refractivity contribution in [1.29, 1.82) is 0 Å². The van der Waals surface area contributed by atoms with Crippen LogP contribution in [0.4, 0.5) is 0 Å². The highest BCUT2D eigenvalue weighted by Gasteiger charge is 2.27. The highest BCUT2D eigenvalue weighted by Crippen LogP contribution is 2.17. The van der Waals surface area contributed by atoms with E-state index >= 15 is 0 Å². The fraction of sp³-hybridized carbons (Fsp3) is 0.348. The number of amides is 3. The summed E-state index contributed by atoms with van der Waals surface area (Å²) in [5.41, 5.74) is 2.61. The molecule has 0 aromatic heterocycles. The molecule has 0 radical (unpaired) electrons. The Morgan fingerprint density at radius 2 is 1.69 bits per heavy atom. The van der Waals surface area contributed by atoms with Gasteiger partial charge in [0.2, 0.25) is 11.8 Å². The minimum atomic E-state index is -0.253. The summed E-state index contributed by atoms with van der Waals surface area (Å²) in [6, 6.07) is 17.1. The van der Waals surface area contributed by atoms with Crippen LogP contribution in [0.5, 0.6) is 0 Å². The number of carbonyl (C=O) groups excluding carboxylic acids is 3. The number of aryl methyl sites for hydroxylation is 1. The molecule has 1 heterocycles. The van der Waals surface area contributed by atoms with Crippen LogP contribution < -0.4 is 10.6 Å². The van der Waals surface area contributed by atoms with Crippen LogP contribution in [-0.4, -0.2) is 42.3 Å². The molecule has 2 aromatic carbocycles. The number of nitrogens with zero attached hydrogens (tertiary/aromatic N) is 1. The van der Waals surface area contributed by atoms with E-state index in [9.17, 15) is 14.4 Å². The zero-order valence-corrected chi connectivity index (χ0v) is 16.7. The van der Waals surface area contributed by atoms with E-state index in [-0.39, 0.29) is 30.2 Å². The highest BCUT2D eigenvalue weighted by atomic mass is 16.2. The summed E-state index contributed by atoms with van der Waals surface area (Å²) in [6.07, 6.45) is 1.27. The van der Waals surface area contributed by atoms with Crippen molar-refractivity contribution in [2.45, 2.75) is 26.3 Å². The molecule has 3 amide bonds. The molecule has 6 heteroatoms. The van der Waals surface area contributed by atoms with Crippen LogP contribution in [0.1, 0.15) is 34.3 Å². The van der Waals surface area contributed by atoms with Gasteiger partial charge in [0.15, 0.2) is 0 Å². The Morgan fingerprint density at radius 1 is 0.966 bits per heavy atom. The summed E-state index contributed by atoms with van der Waals surface area (Å²) in [4.78, 5) is 38.7. The van der Waals surface area contributed by atoms with Crippen LogP contribution in [-0.2, 0) is 16.1 Å². The van der Waals surface area contributed by atoms with Gasteiger partial charge in [0.25, 0.3) is 5.91 Å². The first-order valence-corrected chi connectivity index (χ1v) is 9.97.